The zero-order chi connectivity index (χ0) is 17.0. The van der Waals surface area contributed by atoms with Crippen LogP contribution in [0.5, 0.6) is 0 Å². The number of ketones is 1. The molecule has 0 radical (unpaired) electrons. The van der Waals surface area contributed by atoms with E-state index in [0.717, 1.165) is 12.8 Å². The highest BCUT2D eigenvalue weighted by molar-refractivity contribution is 5.91. The van der Waals surface area contributed by atoms with E-state index in [0.29, 0.717) is 18.8 Å². The number of pyridine rings is 1. The van der Waals surface area contributed by atoms with Crippen LogP contribution in [0.3, 0.4) is 0 Å². The molecule has 0 saturated carbocycles. The summed E-state index contributed by atoms with van der Waals surface area (Å²) in [5, 5.41) is 9.39. The summed E-state index contributed by atoms with van der Waals surface area (Å²) in [5.41, 5.74) is 0.0277. The molecular formula is C18H23N3O2. The second-order valence-electron chi connectivity index (χ2n) is 7.06. The molecule has 0 spiro atoms. The molecule has 1 fully saturated rings. The van der Waals surface area contributed by atoms with Gasteiger partial charge in [0.15, 0.2) is 5.78 Å². The number of nitriles is 1. The van der Waals surface area contributed by atoms with Gasteiger partial charge in [-0.05, 0) is 25.0 Å². The van der Waals surface area contributed by atoms with Gasteiger partial charge >= 0.3 is 0 Å². The number of piperidine rings is 1. The summed E-state index contributed by atoms with van der Waals surface area (Å²) < 4.78 is 0. The predicted octanol–water partition coefficient (Wildman–Crippen LogP) is 2.54. The lowest BCUT2D eigenvalue weighted by atomic mass is 9.84. The maximum absolute atomic E-state index is 12.7. The number of Topliss-reactive ketones (excluding diaryl/α,β-unsaturated/α-hetero) is 1. The van der Waals surface area contributed by atoms with Crippen LogP contribution in [0, 0.1) is 22.7 Å². The van der Waals surface area contributed by atoms with Gasteiger partial charge in [0.1, 0.15) is 5.92 Å². The SMILES string of the molecule is CC(C)(C)C(=O)N1CCCC(C(=O)C(C#N)c2ccccn2)C1. The van der Waals surface area contributed by atoms with Gasteiger partial charge in [-0.25, -0.2) is 0 Å². The lowest BCUT2D eigenvalue weighted by molar-refractivity contribution is -0.142. The lowest BCUT2D eigenvalue weighted by Crippen LogP contribution is -2.47. The van der Waals surface area contributed by atoms with Crippen molar-refractivity contribution < 1.29 is 9.59 Å². The molecule has 0 N–H and O–H groups in total. The van der Waals surface area contributed by atoms with Crippen molar-refractivity contribution in [1.29, 1.82) is 5.26 Å². The average molecular weight is 313 g/mol. The third kappa shape index (κ3) is 3.95. The standard InChI is InChI=1S/C18H23N3O2/c1-18(2,3)17(23)21-10-6-7-13(12-21)16(22)14(11-19)15-8-4-5-9-20-15/h4-5,8-9,13-14H,6-7,10,12H2,1-3H3. The van der Waals surface area contributed by atoms with Gasteiger partial charge in [0, 0.05) is 30.6 Å². The Morgan fingerprint density at radius 1 is 1.39 bits per heavy atom. The molecule has 1 aliphatic rings. The fourth-order valence-electron chi connectivity index (χ4n) is 2.93. The van der Waals surface area contributed by atoms with Crippen molar-refractivity contribution >= 4 is 11.7 Å². The molecule has 5 nitrogen and oxygen atoms in total. The minimum absolute atomic E-state index is 0.0568. The van der Waals surface area contributed by atoms with E-state index < -0.39 is 11.3 Å². The summed E-state index contributed by atoms with van der Waals surface area (Å²) in [6.07, 6.45) is 3.10. The maximum Gasteiger partial charge on any atom is 0.227 e. The van der Waals surface area contributed by atoms with Crippen molar-refractivity contribution in [2.24, 2.45) is 11.3 Å². The number of carbonyl (C=O) groups excluding carboxylic acids is 2. The van der Waals surface area contributed by atoms with Gasteiger partial charge in [-0.15, -0.1) is 0 Å². The van der Waals surface area contributed by atoms with Crippen LogP contribution in [0.15, 0.2) is 24.4 Å². The van der Waals surface area contributed by atoms with Crippen molar-refractivity contribution in [3.05, 3.63) is 30.1 Å². The fraction of sp³-hybridized carbons (Fsp3) is 0.556. The molecule has 1 amide bonds. The largest absolute Gasteiger partial charge is 0.342 e. The van der Waals surface area contributed by atoms with E-state index >= 15 is 0 Å². The van der Waals surface area contributed by atoms with E-state index in [9.17, 15) is 14.9 Å². The molecule has 0 aromatic carbocycles. The summed E-state index contributed by atoms with van der Waals surface area (Å²) >= 11 is 0. The second-order valence-corrected chi connectivity index (χ2v) is 7.06. The molecule has 23 heavy (non-hydrogen) atoms. The first-order valence-electron chi connectivity index (χ1n) is 7.98. The second kappa shape index (κ2) is 6.91. The normalized spacial score (nSPS) is 19.7. The summed E-state index contributed by atoms with van der Waals surface area (Å²) in [7, 11) is 0. The van der Waals surface area contributed by atoms with Gasteiger partial charge in [0.05, 0.1) is 11.8 Å². The van der Waals surface area contributed by atoms with Crippen LogP contribution in [0.4, 0.5) is 0 Å². The number of aromatic nitrogens is 1. The molecule has 1 aromatic heterocycles. The molecular weight excluding hydrogens is 290 g/mol. The Hall–Kier alpha value is -2.22. The zero-order valence-corrected chi connectivity index (χ0v) is 14.0. The van der Waals surface area contributed by atoms with E-state index in [1.165, 1.54) is 0 Å². The Morgan fingerprint density at radius 3 is 2.70 bits per heavy atom. The third-order valence-corrected chi connectivity index (χ3v) is 4.15. The smallest absolute Gasteiger partial charge is 0.227 e. The molecule has 2 heterocycles. The molecule has 5 heteroatoms. The van der Waals surface area contributed by atoms with Crippen LogP contribution in [-0.4, -0.2) is 34.7 Å². The van der Waals surface area contributed by atoms with E-state index in [1.807, 2.05) is 20.8 Å². The Balaban J connectivity index is 2.13. The highest BCUT2D eigenvalue weighted by Gasteiger charge is 2.36. The van der Waals surface area contributed by atoms with Gasteiger partial charge in [0.25, 0.3) is 0 Å². The summed E-state index contributed by atoms with van der Waals surface area (Å²) in [4.78, 5) is 31.1. The number of likely N-dealkylation sites (tertiary alicyclic amines) is 1. The minimum atomic E-state index is -0.856. The average Bonchev–Trinajstić information content (AvgIpc) is 2.55. The number of nitrogens with zero attached hydrogens (tertiary/aromatic N) is 3. The highest BCUT2D eigenvalue weighted by Crippen LogP contribution is 2.27. The Morgan fingerprint density at radius 2 is 2.13 bits per heavy atom. The van der Waals surface area contributed by atoms with E-state index in [2.05, 4.69) is 11.1 Å². The molecule has 2 unspecified atom stereocenters. The van der Waals surface area contributed by atoms with E-state index in [1.54, 1.807) is 29.3 Å². The number of rotatable bonds is 3. The first-order chi connectivity index (χ1) is 10.8. The predicted molar refractivity (Wildman–Crippen MR) is 86.4 cm³/mol. The lowest BCUT2D eigenvalue weighted by Gasteiger charge is -2.36. The van der Waals surface area contributed by atoms with Crippen molar-refractivity contribution in [2.45, 2.75) is 39.5 Å². The molecule has 1 aliphatic heterocycles. The topological polar surface area (TPSA) is 74.1 Å². The highest BCUT2D eigenvalue weighted by atomic mass is 16.2. The van der Waals surface area contributed by atoms with Crippen LogP contribution < -0.4 is 0 Å². The Kier molecular flexibility index (Phi) is 5.15. The number of amides is 1. The molecule has 2 atom stereocenters. The van der Waals surface area contributed by atoms with Gasteiger partial charge in [-0.3, -0.25) is 14.6 Å². The molecule has 0 bridgehead atoms. The zero-order valence-electron chi connectivity index (χ0n) is 14.0. The van der Waals surface area contributed by atoms with Gasteiger partial charge in [-0.2, -0.15) is 5.26 Å². The van der Waals surface area contributed by atoms with Gasteiger partial charge < -0.3 is 4.90 Å². The minimum Gasteiger partial charge on any atom is -0.342 e. The first kappa shape index (κ1) is 17.1. The van der Waals surface area contributed by atoms with Crippen molar-refractivity contribution in [3.63, 3.8) is 0 Å². The molecule has 2 rings (SSSR count). The van der Waals surface area contributed by atoms with Crippen molar-refractivity contribution in [2.75, 3.05) is 13.1 Å². The van der Waals surface area contributed by atoms with E-state index in [4.69, 9.17) is 0 Å². The van der Waals surface area contributed by atoms with E-state index in [-0.39, 0.29) is 17.6 Å². The van der Waals surface area contributed by atoms with Crippen LogP contribution in [0.2, 0.25) is 0 Å². The monoisotopic (exact) mass is 313 g/mol. The molecule has 1 aromatic rings. The Labute approximate surface area is 137 Å². The molecule has 0 aliphatic carbocycles. The molecule has 122 valence electrons. The number of carbonyl (C=O) groups is 2. The van der Waals surface area contributed by atoms with Crippen molar-refractivity contribution in [3.8, 4) is 6.07 Å². The van der Waals surface area contributed by atoms with Crippen LogP contribution in [0.1, 0.15) is 45.2 Å². The van der Waals surface area contributed by atoms with Crippen LogP contribution >= 0.6 is 0 Å². The third-order valence-electron chi connectivity index (χ3n) is 4.15. The van der Waals surface area contributed by atoms with Gasteiger partial charge in [0.2, 0.25) is 5.91 Å². The first-order valence-corrected chi connectivity index (χ1v) is 7.98. The van der Waals surface area contributed by atoms with Gasteiger partial charge in [-0.1, -0.05) is 26.8 Å². The van der Waals surface area contributed by atoms with Crippen LogP contribution in [-0.2, 0) is 9.59 Å². The summed E-state index contributed by atoms with van der Waals surface area (Å²) in [6, 6.07) is 7.31. The Bertz CT molecular complexity index is 613. The van der Waals surface area contributed by atoms with Crippen LogP contribution in [0.25, 0.3) is 0 Å². The summed E-state index contributed by atoms with van der Waals surface area (Å²) in [5.74, 6) is -1.22. The quantitative estimate of drug-likeness (QED) is 0.859. The number of hydrogen-bond donors (Lipinski definition) is 0. The fourth-order valence-corrected chi connectivity index (χ4v) is 2.93. The maximum atomic E-state index is 12.7. The number of hydrogen-bond acceptors (Lipinski definition) is 4. The van der Waals surface area contributed by atoms with Crippen molar-refractivity contribution in [1.82, 2.24) is 9.88 Å². The molecule has 1 saturated heterocycles. The summed E-state index contributed by atoms with van der Waals surface area (Å²) in [6.45, 7) is 6.73.